The van der Waals surface area contributed by atoms with Gasteiger partial charge in [0.1, 0.15) is 61.1 Å². The van der Waals surface area contributed by atoms with Gasteiger partial charge in [0.25, 0.3) is 0 Å². The van der Waals surface area contributed by atoms with Gasteiger partial charge in [0.15, 0.2) is 12.6 Å². The molecule has 0 aromatic rings. The van der Waals surface area contributed by atoms with Crippen LogP contribution < -0.4 is 10.6 Å². The number of aliphatic carboxylic acids is 1. The summed E-state index contributed by atoms with van der Waals surface area (Å²) in [6.07, 6.45) is 30.5. The fraction of sp³-hybridized carbons (Fsp3) is 0.910. The largest absolute Gasteiger partial charge is 0.480 e. The van der Waals surface area contributed by atoms with Crippen molar-refractivity contribution in [2.45, 2.75) is 352 Å². The lowest BCUT2D eigenvalue weighted by Crippen LogP contribution is -2.67. The number of Topliss-reactive ketones (excluding diaryl/α,β-unsaturated/α-hetero) is 1. The maximum Gasteiger partial charge on any atom is 0.470 e. The lowest BCUT2D eigenvalue weighted by Gasteiger charge is -2.47. The zero-order chi connectivity index (χ0) is 64.5. The number of aliphatic hydroxyl groups is 2. The van der Waals surface area contributed by atoms with Crippen LogP contribution in [-0.2, 0) is 61.4 Å². The Bertz CT molecular complexity index is 1830. The summed E-state index contributed by atoms with van der Waals surface area (Å²) in [6, 6.07) is -2.60. The molecule has 516 valence electrons. The van der Waals surface area contributed by atoms with Gasteiger partial charge in [-0.3, -0.25) is 18.9 Å². The average molecular weight is 1280 g/mol. The molecular formula is C67H125N2O18P. The Morgan fingerprint density at radius 2 is 0.977 bits per heavy atom. The first-order valence-electron chi connectivity index (χ1n) is 34.9. The van der Waals surface area contributed by atoms with Crippen molar-refractivity contribution in [3.63, 3.8) is 0 Å². The van der Waals surface area contributed by atoms with Gasteiger partial charge in [0.2, 0.25) is 11.8 Å². The van der Waals surface area contributed by atoms with Crippen LogP contribution in [0.15, 0.2) is 12.2 Å². The SMILES string of the molecule is CCCCCC/C=C\CCCCCCCCCC(=O)N[C@H]1[C@H](OC[C@H]2O[C@H](OCC(=O)O)[C@H](NC(=O)CC(=O)CCCCCCCCCCC)[C@@H](OCCCCCCCCCC)[C@@H]2O)O[C@H](CO)[C@@H](OP(=O)(O)O)[C@@H]1OCC[C@@H](CCCCCCC)OC. The Morgan fingerprint density at radius 1 is 0.523 bits per heavy atom. The number of carboxylic acids is 1. The molecule has 2 amide bonds. The number of hydrogen-bond donors (Lipinski definition) is 7. The van der Waals surface area contributed by atoms with E-state index in [0.29, 0.717) is 25.7 Å². The van der Waals surface area contributed by atoms with Gasteiger partial charge in [-0.15, -0.1) is 0 Å². The van der Waals surface area contributed by atoms with Gasteiger partial charge in [-0.1, -0.05) is 220 Å². The summed E-state index contributed by atoms with van der Waals surface area (Å²) >= 11 is 0. The van der Waals surface area contributed by atoms with E-state index in [0.717, 1.165) is 154 Å². The fourth-order valence-electron chi connectivity index (χ4n) is 11.6. The van der Waals surface area contributed by atoms with Gasteiger partial charge in [0, 0.05) is 33.2 Å². The number of rotatable bonds is 59. The van der Waals surface area contributed by atoms with E-state index in [1.54, 1.807) is 7.11 Å². The highest BCUT2D eigenvalue weighted by Gasteiger charge is 2.52. The molecule has 0 aliphatic carbocycles. The number of ketones is 1. The number of carboxylic acid groups (broad SMARTS) is 1. The molecule has 0 bridgehead atoms. The molecule has 0 saturated carbocycles. The molecule has 2 aliphatic heterocycles. The van der Waals surface area contributed by atoms with E-state index in [9.17, 15) is 48.8 Å². The molecule has 2 fully saturated rings. The zero-order valence-corrected chi connectivity index (χ0v) is 56.2. The van der Waals surface area contributed by atoms with Crippen molar-refractivity contribution in [3.8, 4) is 0 Å². The van der Waals surface area contributed by atoms with E-state index in [4.69, 9.17) is 37.7 Å². The number of allylic oxidation sites excluding steroid dienone is 2. The Balaban J connectivity index is 2.41. The molecule has 20 nitrogen and oxygen atoms in total. The van der Waals surface area contributed by atoms with E-state index in [1.165, 1.54) is 57.8 Å². The van der Waals surface area contributed by atoms with Crippen molar-refractivity contribution in [2.75, 3.05) is 40.1 Å². The first-order chi connectivity index (χ1) is 42.6. The topological polar surface area (TPSA) is 284 Å². The summed E-state index contributed by atoms with van der Waals surface area (Å²) in [5.74, 6) is -2.70. The predicted octanol–water partition coefficient (Wildman–Crippen LogP) is 12.9. The van der Waals surface area contributed by atoms with Crippen LogP contribution in [0.4, 0.5) is 0 Å². The van der Waals surface area contributed by atoms with E-state index in [2.05, 4.69) is 50.5 Å². The van der Waals surface area contributed by atoms with Crippen LogP contribution >= 0.6 is 7.82 Å². The average Bonchev–Trinajstić information content (AvgIpc) is 2.64. The van der Waals surface area contributed by atoms with Gasteiger partial charge in [-0.05, 0) is 57.8 Å². The minimum Gasteiger partial charge on any atom is -0.480 e. The fourth-order valence-corrected chi connectivity index (χ4v) is 12.2. The highest BCUT2D eigenvalue weighted by Crippen LogP contribution is 2.42. The van der Waals surface area contributed by atoms with Crippen LogP contribution in [0.1, 0.15) is 285 Å². The number of phosphoric acid groups is 1. The van der Waals surface area contributed by atoms with Crippen molar-refractivity contribution in [2.24, 2.45) is 0 Å². The van der Waals surface area contributed by atoms with Gasteiger partial charge < -0.3 is 68.9 Å². The highest BCUT2D eigenvalue weighted by molar-refractivity contribution is 7.46. The number of methoxy groups -OCH3 is 1. The van der Waals surface area contributed by atoms with Crippen LogP contribution in [0.5, 0.6) is 0 Å². The second-order valence-electron chi connectivity index (χ2n) is 24.7. The van der Waals surface area contributed by atoms with Crippen LogP contribution in [0.3, 0.4) is 0 Å². The number of carbonyl (C=O) groups is 4. The summed E-state index contributed by atoms with van der Waals surface area (Å²) in [5, 5.41) is 38.6. The maximum atomic E-state index is 14.1. The van der Waals surface area contributed by atoms with E-state index in [-0.39, 0.29) is 37.9 Å². The van der Waals surface area contributed by atoms with Gasteiger partial charge >= 0.3 is 13.8 Å². The number of nitrogens with one attached hydrogen (secondary N) is 2. The lowest BCUT2D eigenvalue weighted by molar-refractivity contribution is -0.307. The molecule has 2 saturated heterocycles. The summed E-state index contributed by atoms with van der Waals surface area (Å²) in [4.78, 5) is 73.4. The summed E-state index contributed by atoms with van der Waals surface area (Å²) in [6.45, 7) is 6.66. The van der Waals surface area contributed by atoms with Gasteiger partial charge in [-0.2, -0.15) is 0 Å². The molecule has 21 heteroatoms. The lowest BCUT2D eigenvalue weighted by atomic mass is 9.95. The van der Waals surface area contributed by atoms with Gasteiger partial charge in [0.05, 0.1) is 25.7 Å². The first kappa shape index (κ1) is 81.7. The number of aliphatic hydroxyl groups excluding tert-OH is 2. The number of hydrogen-bond acceptors (Lipinski definition) is 15. The first-order valence-corrected chi connectivity index (χ1v) is 36.5. The molecule has 11 atom stereocenters. The predicted molar refractivity (Wildman–Crippen MR) is 343 cm³/mol. The Hall–Kier alpha value is -2.43. The summed E-state index contributed by atoms with van der Waals surface area (Å²) in [7, 11) is -3.68. The van der Waals surface area contributed by atoms with Crippen molar-refractivity contribution in [1.29, 1.82) is 0 Å². The normalized spacial score (nSPS) is 22.7. The third-order valence-corrected chi connectivity index (χ3v) is 17.3. The Morgan fingerprint density at radius 3 is 1.51 bits per heavy atom. The van der Waals surface area contributed by atoms with Crippen LogP contribution in [0.2, 0.25) is 0 Å². The standard InChI is InChI=1S/C67H125N2O18P/c1-6-10-14-18-21-24-25-26-27-28-29-31-33-37-41-45-57(72)68-61-65(82-48-46-54(80-5)44-40-35-17-13-9-4)63(87-88(77,78)79)55(50-70)85-67(61)83-51-56-62(76)64(81-47-42-38-34-23-20-16-12-8-3)60(66(86-56)84-52-59(74)75)69-58(73)49-53(71)43-39-36-32-30-22-19-15-11-7-2/h24-25,54-56,60-67,70,76H,6-23,26-52H2,1-5H3,(H,68,72)(H,69,73)(H,74,75)(H2,77,78,79)/b25-24-/t54-,55-,56-,60-,61-,62-,63-,64-,65-,66+,67-/m1/s1. The molecule has 0 spiro atoms. The number of unbranched alkanes of at least 4 members (excludes halogenated alkanes) is 30. The Labute approximate surface area is 530 Å². The van der Waals surface area contributed by atoms with Crippen molar-refractivity contribution < 1.29 is 86.5 Å². The Kier molecular flexibility index (Phi) is 49.2. The summed E-state index contributed by atoms with van der Waals surface area (Å²) < 4.78 is 61.4. The molecule has 0 aromatic carbocycles. The summed E-state index contributed by atoms with van der Waals surface area (Å²) in [5.41, 5.74) is 0. The van der Waals surface area contributed by atoms with Crippen molar-refractivity contribution >= 4 is 31.4 Å². The van der Waals surface area contributed by atoms with Crippen LogP contribution in [0, 0.1) is 0 Å². The number of amides is 2. The zero-order valence-electron chi connectivity index (χ0n) is 55.3. The minimum absolute atomic E-state index is 0.00535. The molecule has 2 rings (SSSR count). The highest BCUT2D eigenvalue weighted by atomic mass is 31.2. The molecule has 2 aliphatic rings. The van der Waals surface area contributed by atoms with Crippen molar-refractivity contribution in [3.05, 3.63) is 12.2 Å². The third kappa shape index (κ3) is 39.2. The molecule has 0 radical (unpaired) electrons. The van der Waals surface area contributed by atoms with Gasteiger partial charge in [-0.25, -0.2) is 9.36 Å². The quantitative estimate of drug-likeness (QED) is 0.0129. The molecule has 0 aromatic heterocycles. The molecular weight excluding hydrogens is 1150 g/mol. The third-order valence-electron chi connectivity index (χ3n) is 16.8. The van der Waals surface area contributed by atoms with E-state index in [1.807, 2.05) is 0 Å². The molecule has 0 unspecified atom stereocenters. The molecule has 2 heterocycles. The van der Waals surface area contributed by atoms with Crippen LogP contribution in [-0.4, -0.2) is 156 Å². The maximum absolute atomic E-state index is 14.1. The smallest absolute Gasteiger partial charge is 0.470 e. The minimum atomic E-state index is -5.29. The second kappa shape index (κ2) is 53.0. The van der Waals surface area contributed by atoms with Crippen molar-refractivity contribution in [1.82, 2.24) is 10.6 Å². The monoisotopic (exact) mass is 1280 g/mol. The van der Waals surface area contributed by atoms with Crippen LogP contribution in [0.25, 0.3) is 0 Å². The number of phosphoric ester groups is 1. The second-order valence-corrected chi connectivity index (χ2v) is 25.9. The molecule has 7 N–H and O–H groups in total. The van der Waals surface area contributed by atoms with E-state index < -0.39 is 113 Å². The number of carbonyl (C=O) groups excluding carboxylic acids is 3. The number of ether oxygens (including phenoxy) is 7. The molecule has 88 heavy (non-hydrogen) atoms. The van der Waals surface area contributed by atoms with E-state index >= 15 is 0 Å².